The summed E-state index contributed by atoms with van der Waals surface area (Å²) in [6.45, 7) is 0.601. The van der Waals surface area contributed by atoms with Crippen LogP contribution in [-0.4, -0.2) is 16.7 Å². The first-order valence-electron chi connectivity index (χ1n) is 11.0. The van der Waals surface area contributed by atoms with Crippen molar-refractivity contribution in [1.82, 2.24) is 10.2 Å². The van der Waals surface area contributed by atoms with E-state index in [2.05, 4.69) is 5.32 Å². The summed E-state index contributed by atoms with van der Waals surface area (Å²) in [7, 11) is 0. The van der Waals surface area contributed by atoms with Crippen LogP contribution in [0, 0.1) is 0 Å². The number of halogens is 1. The number of hydrogen-bond donors (Lipinski definition) is 1. The van der Waals surface area contributed by atoms with Crippen molar-refractivity contribution in [3.05, 3.63) is 129 Å². The second kappa shape index (κ2) is 11.6. The first-order chi connectivity index (χ1) is 16.6. The minimum atomic E-state index is -0.798. The Bertz CT molecular complexity index is 1210. The zero-order valence-corrected chi connectivity index (χ0v) is 20.1. The lowest BCUT2D eigenvalue weighted by Crippen LogP contribution is -2.43. The van der Waals surface area contributed by atoms with E-state index >= 15 is 0 Å². The summed E-state index contributed by atoms with van der Waals surface area (Å²) in [6.07, 6.45) is 0.220. The third-order valence-electron chi connectivity index (χ3n) is 5.51. The first-order valence-corrected chi connectivity index (χ1v) is 12.3. The molecular formula is C28H25ClN2O2S. The highest BCUT2D eigenvalue weighted by Crippen LogP contribution is 2.27. The quantitative estimate of drug-likeness (QED) is 0.312. The Hall–Kier alpha value is -3.41. The van der Waals surface area contributed by atoms with E-state index in [1.807, 2.05) is 96.4 Å². The number of nitrogens with one attached hydrogen (secondary N) is 1. The molecule has 0 saturated carbocycles. The summed E-state index contributed by atoms with van der Waals surface area (Å²) in [6, 6.07) is 29.6. The van der Waals surface area contributed by atoms with E-state index in [-0.39, 0.29) is 24.8 Å². The van der Waals surface area contributed by atoms with Crippen LogP contribution < -0.4 is 5.32 Å². The average molecular weight is 489 g/mol. The van der Waals surface area contributed by atoms with Gasteiger partial charge in [0, 0.05) is 23.0 Å². The van der Waals surface area contributed by atoms with Crippen LogP contribution in [0.15, 0.2) is 102 Å². The summed E-state index contributed by atoms with van der Waals surface area (Å²) in [5.41, 5.74) is 2.53. The molecule has 1 atom stereocenters. The maximum atomic E-state index is 13.6. The predicted octanol–water partition coefficient (Wildman–Crippen LogP) is 6.03. The number of carbonyl (C=O) groups excluding carboxylic acids is 2. The van der Waals surface area contributed by atoms with Gasteiger partial charge in [0.05, 0.1) is 6.42 Å². The molecule has 3 aromatic carbocycles. The van der Waals surface area contributed by atoms with Gasteiger partial charge in [0.25, 0.3) is 0 Å². The van der Waals surface area contributed by atoms with Crippen molar-refractivity contribution in [2.24, 2.45) is 0 Å². The van der Waals surface area contributed by atoms with E-state index in [0.29, 0.717) is 11.6 Å². The molecule has 0 aliphatic heterocycles. The fourth-order valence-corrected chi connectivity index (χ4v) is 4.68. The zero-order valence-electron chi connectivity index (χ0n) is 18.6. The Morgan fingerprint density at radius 2 is 1.53 bits per heavy atom. The topological polar surface area (TPSA) is 49.4 Å². The lowest BCUT2D eigenvalue weighted by molar-refractivity contribution is -0.141. The lowest BCUT2D eigenvalue weighted by Gasteiger charge is -2.32. The molecule has 0 saturated heterocycles. The summed E-state index contributed by atoms with van der Waals surface area (Å²) in [5, 5.41) is 5.54. The van der Waals surface area contributed by atoms with Crippen molar-refractivity contribution in [2.45, 2.75) is 25.6 Å². The molecule has 0 bridgehead atoms. The van der Waals surface area contributed by atoms with E-state index in [4.69, 9.17) is 11.6 Å². The molecule has 1 heterocycles. The van der Waals surface area contributed by atoms with Gasteiger partial charge >= 0.3 is 0 Å². The van der Waals surface area contributed by atoms with E-state index in [9.17, 15) is 9.59 Å². The third kappa shape index (κ3) is 6.13. The molecule has 0 aliphatic carbocycles. The van der Waals surface area contributed by atoms with Gasteiger partial charge in [-0.2, -0.15) is 0 Å². The highest BCUT2D eigenvalue weighted by Gasteiger charge is 2.32. The van der Waals surface area contributed by atoms with Crippen LogP contribution in [0.25, 0.3) is 0 Å². The Balaban J connectivity index is 1.68. The van der Waals surface area contributed by atoms with Crippen LogP contribution in [-0.2, 0) is 29.1 Å². The SMILES string of the molecule is O=C(NCc1ccccc1)C(c1ccccc1)N(Cc1ccccc1Cl)C(=O)Cc1cccs1. The molecule has 1 aromatic heterocycles. The molecule has 4 nitrogen and oxygen atoms in total. The summed E-state index contributed by atoms with van der Waals surface area (Å²) in [5.74, 6) is -0.368. The van der Waals surface area contributed by atoms with E-state index in [0.717, 1.165) is 21.6 Å². The van der Waals surface area contributed by atoms with Crippen LogP contribution in [0.3, 0.4) is 0 Å². The number of rotatable bonds is 9. The van der Waals surface area contributed by atoms with Gasteiger partial charge in [-0.05, 0) is 34.2 Å². The Labute approximate surface area is 208 Å². The third-order valence-corrected chi connectivity index (χ3v) is 6.75. The lowest BCUT2D eigenvalue weighted by atomic mass is 10.0. The predicted molar refractivity (Wildman–Crippen MR) is 137 cm³/mol. The maximum Gasteiger partial charge on any atom is 0.247 e. The fraction of sp³-hybridized carbons (Fsp3) is 0.143. The van der Waals surface area contributed by atoms with Crippen LogP contribution in [0.5, 0.6) is 0 Å². The number of nitrogens with zero attached hydrogens (tertiary/aromatic N) is 1. The number of amides is 2. The van der Waals surface area contributed by atoms with Crippen molar-refractivity contribution in [3.63, 3.8) is 0 Å². The van der Waals surface area contributed by atoms with Crippen LogP contribution in [0.1, 0.15) is 27.6 Å². The molecular weight excluding hydrogens is 464 g/mol. The molecule has 34 heavy (non-hydrogen) atoms. The van der Waals surface area contributed by atoms with E-state index < -0.39 is 6.04 Å². The largest absolute Gasteiger partial charge is 0.350 e. The van der Waals surface area contributed by atoms with Gasteiger partial charge in [-0.3, -0.25) is 9.59 Å². The average Bonchev–Trinajstić information content (AvgIpc) is 3.38. The zero-order chi connectivity index (χ0) is 23.8. The molecule has 0 aliphatic rings. The Kier molecular flexibility index (Phi) is 8.12. The summed E-state index contributed by atoms with van der Waals surface area (Å²) >= 11 is 7.98. The molecule has 1 N–H and O–H groups in total. The molecule has 0 spiro atoms. The maximum absolute atomic E-state index is 13.6. The van der Waals surface area contributed by atoms with Crippen LogP contribution >= 0.6 is 22.9 Å². The normalized spacial score (nSPS) is 11.6. The fourth-order valence-electron chi connectivity index (χ4n) is 3.79. The highest BCUT2D eigenvalue weighted by atomic mass is 35.5. The monoisotopic (exact) mass is 488 g/mol. The van der Waals surface area contributed by atoms with Gasteiger partial charge in [-0.15, -0.1) is 11.3 Å². The smallest absolute Gasteiger partial charge is 0.247 e. The molecule has 6 heteroatoms. The molecule has 0 radical (unpaired) electrons. The molecule has 172 valence electrons. The number of thiophene rings is 1. The molecule has 1 unspecified atom stereocenters. The summed E-state index contributed by atoms with van der Waals surface area (Å²) < 4.78 is 0. The molecule has 0 fully saturated rings. The number of benzene rings is 3. The van der Waals surface area contributed by atoms with Crippen LogP contribution in [0.2, 0.25) is 5.02 Å². The Morgan fingerprint density at radius 1 is 0.853 bits per heavy atom. The van der Waals surface area contributed by atoms with Crippen molar-refractivity contribution in [2.75, 3.05) is 0 Å². The van der Waals surface area contributed by atoms with Gasteiger partial charge in [-0.1, -0.05) is 96.5 Å². The highest BCUT2D eigenvalue weighted by molar-refractivity contribution is 7.10. The molecule has 4 rings (SSSR count). The van der Waals surface area contributed by atoms with Crippen LogP contribution in [0.4, 0.5) is 0 Å². The Morgan fingerprint density at radius 3 is 2.21 bits per heavy atom. The van der Waals surface area contributed by atoms with Gasteiger partial charge in [0.2, 0.25) is 11.8 Å². The second-order valence-electron chi connectivity index (χ2n) is 7.89. The van der Waals surface area contributed by atoms with E-state index in [1.165, 1.54) is 11.3 Å². The van der Waals surface area contributed by atoms with Crippen molar-refractivity contribution < 1.29 is 9.59 Å². The van der Waals surface area contributed by atoms with Crippen molar-refractivity contribution in [1.29, 1.82) is 0 Å². The van der Waals surface area contributed by atoms with Crippen molar-refractivity contribution in [3.8, 4) is 0 Å². The van der Waals surface area contributed by atoms with Gasteiger partial charge in [0.1, 0.15) is 6.04 Å². The minimum absolute atomic E-state index is 0.133. The van der Waals surface area contributed by atoms with Gasteiger partial charge in [0.15, 0.2) is 0 Å². The van der Waals surface area contributed by atoms with Gasteiger partial charge < -0.3 is 10.2 Å². The summed E-state index contributed by atoms with van der Waals surface area (Å²) in [4.78, 5) is 29.8. The standard InChI is InChI=1S/C28H25ClN2O2S/c29-25-16-8-7-14-23(25)20-31(26(32)18-24-15-9-17-34-24)27(22-12-5-2-6-13-22)28(33)30-19-21-10-3-1-4-11-21/h1-17,27H,18-20H2,(H,30,33). The molecule has 2 amide bonds. The minimum Gasteiger partial charge on any atom is -0.350 e. The second-order valence-corrected chi connectivity index (χ2v) is 9.33. The van der Waals surface area contributed by atoms with Crippen molar-refractivity contribution >= 4 is 34.8 Å². The number of carbonyl (C=O) groups is 2. The van der Waals surface area contributed by atoms with Gasteiger partial charge in [-0.25, -0.2) is 0 Å². The molecule has 4 aromatic rings. The number of hydrogen-bond acceptors (Lipinski definition) is 3. The van der Waals surface area contributed by atoms with E-state index in [1.54, 1.807) is 11.0 Å². The first kappa shape index (κ1) is 23.7.